The summed E-state index contributed by atoms with van der Waals surface area (Å²) in [6.45, 7) is 0. The molecule has 0 amide bonds. The normalized spacial score (nSPS) is 22.0. The second-order valence-electron chi connectivity index (χ2n) is 4.84. The van der Waals surface area contributed by atoms with Crippen LogP contribution in [0.15, 0.2) is 42.5 Å². The van der Waals surface area contributed by atoms with Crippen molar-refractivity contribution in [3.63, 3.8) is 0 Å². The number of fused-ring (bicyclic) bond motifs is 5. The highest BCUT2D eigenvalue weighted by molar-refractivity contribution is 7.26. The molecule has 94 valence electrons. The van der Waals surface area contributed by atoms with E-state index in [9.17, 15) is 10.2 Å². The van der Waals surface area contributed by atoms with Crippen molar-refractivity contribution in [2.24, 2.45) is 0 Å². The van der Waals surface area contributed by atoms with E-state index in [4.69, 9.17) is 0 Å². The molecule has 2 atom stereocenters. The molecule has 1 aliphatic rings. The highest BCUT2D eigenvalue weighted by Gasteiger charge is 2.25. The van der Waals surface area contributed by atoms with E-state index in [1.807, 2.05) is 24.3 Å². The van der Waals surface area contributed by atoms with Gasteiger partial charge < -0.3 is 10.2 Å². The Morgan fingerprint density at radius 3 is 2.68 bits per heavy atom. The van der Waals surface area contributed by atoms with Gasteiger partial charge >= 0.3 is 0 Å². The van der Waals surface area contributed by atoms with Gasteiger partial charge in [0.15, 0.2) is 0 Å². The number of rotatable bonds is 0. The molecule has 19 heavy (non-hydrogen) atoms. The third kappa shape index (κ3) is 1.49. The van der Waals surface area contributed by atoms with Crippen LogP contribution in [0.4, 0.5) is 0 Å². The van der Waals surface area contributed by atoms with Crippen LogP contribution < -0.4 is 0 Å². The average molecular weight is 268 g/mol. The summed E-state index contributed by atoms with van der Waals surface area (Å²) in [6.07, 6.45) is 1.88. The van der Waals surface area contributed by atoms with Crippen molar-refractivity contribution in [2.75, 3.05) is 0 Å². The first-order chi connectivity index (χ1) is 9.25. The molecular weight excluding hydrogens is 256 g/mol. The topological polar surface area (TPSA) is 40.5 Å². The summed E-state index contributed by atoms with van der Waals surface area (Å²) in [4.78, 5) is 0. The Morgan fingerprint density at radius 2 is 1.79 bits per heavy atom. The van der Waals surface area contributed by atoms with E-state index < -0.39 is 12.2 Å². The van der Waals surface area contributed by atoms with Gasteiger partial charge in [0.2, 0.25) is 0 Å². The molecule has 0 saturated carbocycles. The van der Waals surface area contributed by atoms with Crippen molar-refractivity contribution in [3.8, 4) is 0 Å². The van der Waals surface area contributed by atoms with Crippen LogP contribution in [0, 0.1) is 0 Å². The van der Waals surface area contributed by atoms with Crippen LogP contribution in [0.1, 0.15) is 17.2 Å². The first-order valence-electron chi connectivity index (χ1n) is 6.24. The van der Waals surface area contributed by atoms with E-state index in [-0.39, 0.29) is 0 Å². The molecule has 0 bridgehead atoms. The first-order valence-corrected chi connectivity index (χ1v) is 7.06. The van der Waals surface area contributed by atoms with Gasteiger partial charge in [-0.1, -0.05) is 42.5 Å². The highest BCUT2D eigenvalue weighted by Crippen LogP contribution is 2.41. The molecule has 1 aliphatic carbocycles. The molecule has 0 fully saturated rings. The molecule has 3 heteroatoms. The fraction of sp³-hybridized carbons (Fsp3) is 0.125. The van der Waals surface area contributed by atoms with Crippen LogP contribution in [0.5, 0.6) is 0 Å². The minimum Gasteiger partial charge on any atom is -0.386 e. The summed E-state index contributed by atoms with van der Waals surface area (Å²) in [7, 11) is 0. The van der Waals surface area contributed by atoms with Gasteiger partial charge in [-0.15, -0.1) is 11.3 Å². The maximum atomic E-state index is 10.3. The van der Waals surface area contributed by atoms with E-state index in [1.54, 1.807) is 17.4 Å². The van der Waals surface area contributed by atoms with Crippen molar-refractivity contribution >= 4 is 37.6 Å². The van der Waals surface area contributed by atoms with Crippen molar-refractivity contribution < 1.29 is 10.2 Å². The van der Waals surface area contributed by atoms with Gasteiger partial charge in [0.05, 0.1) is 0 Å². The molecule has 0 radical (unpaired) electrons. The zero-order valence-electron chi connectivity index (χ0n) is 10.1. The quantitative estimate of drug-likeness (QED) is 0.655. The zero-order valence-corrected chi connectivity index (χ0v) is 10.9. The minimum atomic E-state index is -0.836. The molecule has 1 heterocycles. The van der Waals surface area contributed by atoms with E-state index in [0.29, 0.717) is 0 Å². The summed E-state index contributed by atoms with van der Waals surface area (Å²) in [6, 6.07) is 12.4. The smallest absolute Gasteiger partial charge is 0.110 e. The standard InChI is InChI=1S/C16H12O2S/c17-12-8-6-9-5-7-11-10-3-1-2-4-13(10)19-16(11)14(9)15(12)18/h1-8,12,15,17-18H/t12-,15+/m1/s1. The van der Waals surface area contributed by atoms with Crippen LogP contribution in [0.3, 0.4) is 0 Å². The zero-order chi connectivity index (χ0) is 13.0. The predicted octanol–water partition coefficient (Wildman–Crippen LogP) is 3.48. The maximum Gasteiger partial charge on any atom is 0.110 e. The molecule has 0 aliphatic heterocycles. The average Bonchev–Trinajstić information content (AvgIpc) is 2.81. The van der Waals surface area contributed by atoms with E-state index in [1.165, 1.54) is 10.1 Å². The van der Waals surface area contributed by atoms with Gasteiger partial charge in [0.25, 0.3) is 0 Å². The molecule has 4 rings (SSSR count). The fourth-order valence-corrected chi connectivity index (χ4v) is 4.04. The lowest BCUT2D eigenvalue weighted by Gasteiger charge is -2.22. The largest absolute Gasteiger partial charge is 0.386 e. The van der Waals surface area contributed by atoms with Crippen LogP contribution in [0.2, 0.25) is 0 Å². The summed E-state index contributed by atoms with van der Waals surface area (Å²) < 4.78 is 2.29. The van der Waals surface area contributed by atoms with Crippen molar-refractivity contribution in [1.82, 2.24) is 0 Å². The van der Waals surface area contributed by atoms with Crippen LogP contribution in [0.25, 0.3) is 26.2 Å². The van der Waals surface area contributed by atoms with E-state index >= 15 is 0 Å². The predicted molar refractivity (Wildman–Crippen MR) is 79.3 cm³/mol. The molecule has 2 aromatic carbocycles. The summed E-state index contributed by atoms with van der Waals surface area (Å²) >= 11 is 1.68. The van der Waals surface area contributed by atoms with Gasteiger partial charge in [0, 0.05) is 25.7 Å². The SMILES string of the molecule is O[C@@H]1C=Cc2ccc3c(sc4ccccc43)c2[C@H]1O. The molecule has 0 unspecified atom stereocenters. The molecular formula is C16H12O2S. The number of aliphatic hydroxyl groups excluding tert-OH is 2. The lowest BCUT2D eigenvalue weighted by molar-refractivity contribution is 0.0481. The monoisotopic (exact) mass is 268 g/mol. The second kappa shape index (κ2) is 3.90. The first kappa shape index (κ1) is 11.2. The molecule has 3 aromatic rings. The highest BCUT2D eigenvalue weighted by atomic mass is 32.1. The summed E-state index contributed by atoms with van der Waals surface area (Å²) in [5.74, 6) is 0. The van der Waals surface area contributed by atoms with Gasteiger partial charge in [-0.05, 0) is 11.6 Å². The Bertz CT molecular complexity index is 816. The van der Waals surface area contributed by atoms with E-state index in [0.717, 1.165) is 21.2 Å². The number of hydrogen-bond donors (Lipinski definition) is 2. The Hall–Kier alpha value is -1.68. The lowest BCUT2D eigenvalue weighted by atomic mass is 9.91. The number of aliphatic hydroxyl groups is 2. The molecule has 2 N–H and O–H groups in total. The fourth-order valence-electron chi connectivity index (χ4n) is 2.75. The van der Waals surface area contributed by atoms with Crippen molar-refractivity contribution in [3.05, 3.63) is 53.6 Å². The van der Waals surface area contributed by atoms with Crippen LogP contribution in [-0.2, 0) is 0 Å². The number of hydrogen-bond acceptors (Lipinski definition) is 3. The van der Waals surface area contributed by atoms with Gasteiger partial charge in [-0.2, -0.15) is 0 Å². The third-order valence-electron chi connectivity index (χ3n) is 3.71. The summed E-state index contributed by atoms with van der Waals surface area (Å²) in [5, 5.41) is 22.4. The Labute approximate surface area is 114 Å². The Kier molecular flexibility index (Phi) is 2.30. The molecule has 2 nitrogen and oxygen atoms in total. The van der Waals surface area contributed by atoms with Crippen LogP contribution in [-0.4, -0.2) is 16.3 Å². The lowest BCUT2D eigenvalue weighted by Crippen LogP contribution is -2.19. The number of thiophene rings is 1. The van der Waals surface area contributed by atoms with Crippen LogP contribution >= 0.6 is 11.3 Å². The Morgan fingerprint density at radius 1 is 0.947 bits per heavy atom. The van der Waals surface area contributed by atoms with E-state index in [2.05, 4.69) is 18.2 Å². The van der Waals surface area contributed by atoms with Gasteiger partial charge in [-0.3, -0.25) is 0 Å². The van der Waals surface area contributed by atoms with Gasteiger partial charge in [-0.25, -0.2) is 0 Å². The number of benzene rings is 2. The molecule has 0 spiro atoms. The second-order valence-corrected chi connectivity index (χ2v) is 5.89. The molecule has 0 saturated heterocycles. The Balaban J connectivity index is 2.16. The minimum absolute atomic E-state index is 0.816. The third-order valence-corrected chi connectivity index (χ3v) is 4.93. The van der Waals surface area contributed by atoms with Crippen molar-refractivity contribution in [2.45, 2.75) is 12.2 Å². The maximum absolute atomic E-state index is 10.3. The van der Waals surface area contributed by atoms with Gasteiger partial charge in [0.1, 0.15) is 12.2 Å². The molecule has 1 aromatic heterocycles. The van der Waals surface area contributed by atoms with Crippen molar-refractivity contribution in [1.29, 1.82) is 0 Å². The summed E-state index contributed by atoms with van der Waals surface area (Å²) in [5.41, 5.74) is 1.85.